The smallest absolute Gasteiger partial charge is 0.256 e. The molecule has 2 aromatic carbocycles. The van der Waals surface area contributed by atoms with Crippen LogP contribution in [0.3, 0.4) is 0 Å². The van der Waals surface area contributed by atoms with Gasteiger partial charge >= 0.3 is 0 Å². The molecule has 0 spiro atoms. The maximum absolute atomic E-state index is 13.0. The fourth-order valence-corrected chi connectivity index (χ4v) is 2.90. The Morgan fingerprint density at radius 2 is 1.74 bits per heavy atom. The summed E-state index contributed by atoms with van der Waals surface area (Å²) < 4.78 is 0. The summed E-state index contributed by atoms with van der Waals surface area (Å²) in [6.45, 7) is 7.47. The Hall–Kier alpha value is -3.21. The fourth-order valence-electron chi connectivity index (χ4n) is 2.90. The van der Waals surface area contributed by atoms with Crippen LogP contribution in [0.15, 0.2) is 48.5 Å². The molecule has 0 bridgehead atoms. The highest BCUT2D eigenvalue weighted by Gasteiger charge is 2.15. The number of rotatable bonds is 4. The number of benzene rings is 2. The van der Waals surface area contributed by atoms with Crippen LogP contribution in [0.1, 0.15) is 48.3 Å². The highest BCUT2D eigenvalue weighted by Crippen LogP contribution is 2.25. The number of hydrogen-bond donors (Lipinski definition) is 2. The summed E-state index contributed by atoms with van der Waals surface area (Å²) in [5.41, 5.74) is 4.51. The number of carbonyl (C=O) groups excluding carboxylic acids is 2. The molecule has 1 heterocycles. The van der Waals surface area contributed by atoms with Crippen LogP contribution >= 0.6 is 0 Å². The molecular weight excluding hydrogens is 338 g/mol. The second-order valence-electron chi connectivity index (χ2n) is 6.93. The minimum Gasteiger partial charge on any atom is -0.326 e. The first kappa shape index (κ1) is 18.6. The van der Waals surface area contributed by atoms with Gasteiger partial charge in [0.15, 0.2) is 0 Å². The number of carbonyl (C=O) groups is 2. The van der Waals surface area contributed by atoms with Crippen molar-refractivity contribution in [2.45, 2.75) is 33.6 Å². The largest absolute Gasteiger partial charge is 0.326 e. The van der Waals surface area contributed by atoms with E-state index >= 15 is 0 Å². The highest BCUT2D eigenvalue weighted by molar-refractivity contribution is 6.12. The van der Waals surface area contributed by atoms with Crippen LogP contribution in [0.4, 0.5) is 11.4 Å². The van der Waals surface area contributed by atoms with Gasteiger partial charge in [0.2, 0.25) is 5.91 Å². The molecule has 0 saturated heterocycles. The quantitative estimate of drug-likeness (QED) is 0.696. The van der Waals surface area contributed by atoms with Crippen molar-refractivity contribution >= 4 is 34.1 Å². The Balaban J connectivity index is 1.98. The van der Waals surface area contributed by atoms with Gasteiger partial charge in [-0.05, 0) is 42.7 Å². The molecule has 138 valence electrons. The number of nitrogens with zero attached hydrogens (tertiary/aromatic N) is 1. The van der Waals surface area contributed by atoms with E-state index < -0.39 is 0 Å². The zero-order valence-electron chi connectivity index (χ0n) is 16.0. The molecule has 0 saturated carbocycles. The van der Waals surface area contributed by atoms with Crippen LogP contribution in [-0.4, -0.2) is 16.8 Å². The van der Waals surface area contributed by atoms with Gasteiger partial charge in [-0.2, -0.15) is 0 Å². The number of para-hydroxylation sites is 1. The Labute approximate surface area is 158 Å². The summed E-state index contributed by atoms with van der Waals surface area (Å²) in [6, 6.07) is 14.9. The zero-order chi connectivity index (χ0) is 19.6. The third kappa shape index (κ3) is 4.14. The summed E-state index contributed by atoms with van der Waals surface area (Å²) >= 11 is 0. The summed E-state index contributed by atoms with van der Waals surface area (Å²) in [5.74, 6) is -0.136. The van der Waals surface area contributed by atoms with Crippen LogP contribution in [0.5, 0.6) is 0 Å². The third-order valence-electron chi connectivity index (χ3n) is 4.38. The highest BCUT2D eigenvalue weighted by atomic mass is 16.2. The summed E-state index contributed by atoms with van der Waals surface area (Å²) in [6.07, 6.45) is 0. The Kier molecular flexibility index (Phi) is 5.21. The minimum absolute atomic E-state index is 0.150. The molecular formula is C22H23N3O2. The topological polar surface area (TPSA) is 71.1 Å². The standard InChI is InChI=1S/C22H23N3O2/c1-13(2)20-12-18(17-7-5-6-8-19(17)25-20)22(27)24-16-10-9-14(3)21(11-16)23-15(4)26/h5-13H,1-4H3,(H,23,26)(H,24,27). The molecule has 0 aliphatic carbocycles. The molecule has 0 unspecified atom stereocenters. The average Bonchev–Trinajstić information content (AvgIpc) is 2.63. The molecule has 3 rings (SSSR count). The number of pyridine rings is 1. The summed E-state index contributed by atoms with van der Waals surface area (Å²) in [4.78, 5) is 29.0. The first-order chi connectivity index (χ1) is 12.8. The van der Waals surface area contributed by atoms with Gasteiger partial charge in [0, 0.05) is 29.4 Å². The van der Waals surface area contributed by atoms with Gasteiger partial charge in [0.05, 0.1) is 11.1 Å². The van der Waals surface area contributed by atoms with Gasteiger partial charge in [-0.15, -0.1) is 0 Å². The van der Waals surface area contributed by atoms with E-state index in [9.17, 15) is 9.59 Å². The molecule has 27 heavy (non-hydrogen) atoms. The van der Waals surface area contributed by atoms with Crippen LogP contribution in [0, 0.1) is 6.92 Å². The molecule has 2 N–H and O–H groups in total. The first-order valence-electron chi connectivity index (χ1n) is 8.94. The van der Waals surface area contributed by atoms with Gasteiger partial charge in [0.25, 0.3) is 5.91 Å². The number of nitrogens with one attached hydrogen (secondary N) is 2. The van der Waals surface area contributed by atoms with Crippen molar-refractivity contribution in [3.05, 3.63) is 65.4 Å². The van der Waals surface area contributed by atoms with Crippen LogP contribution in [-0.2, 0) is 4.79 Å². The van der Waals surface area contributed by atoms with E-state index in [-0.39, 0.29) is 17.7 Å². The molecule has 5 heteroatoms. The number of aromatic nitrogens is 1. The van der Waals surface area contributed by atoms with Gasteiger partial charge in [-0.1, -0.05) is 38.1 Å². The average molecular weight is 361 g/mol. The van der Waals surface area contributed by atoms with Gasteiger partial charge in [-0.25, -0.2) is 0 Å². The van der Waals surface area contributed by atoms with Gasteiger partial charge in [-0.3, -0.25) is 14.6 Å². The second kappa shape index (κ2) is 7.58. The van der Waals surface area contributed by atoms with E-state index in [1.54, 1.807) is 6.07 Å². The number of fused-ring (bicyclic) bond motifs is 1. The fraction of sp³-hybridized carbons (Fsp3) is 0.227. The Bertz CT molecular complexity index is 1030. The van der Waals surface area contributed by atoms with Crippen molar-refractivity contribution in [3.8, 4) is 0 Å². The molecule has 0 fully saturated rings. The van der Waals surface area contributed by atoms with Crippen molar-refractivity contribution in [1.82, 2.24) is 4.98 Å². The lowest BCUT2D eigenvalue weighted by atomic mass is 10.0. The molecule has 0 atom stereocenters. The van der Waals surface area contributed by atoms with E-state index in [2.05, 4.69) is 29.5 Å². The SMILES string of the molecule is CC(=O)Nc1cc(NC(=O)c2cc(C(C)C)nc3ccccc23)ccc1C. The van der Waals surface area contributed by atoms with Crippen molar-refractivity contribution in [1.29, 1.82) is 0 Å². The molecule has 0 radical (unpaired) electrons. The van der Waals surface area contributed by atoms with E-state index in [0.29, 0.717) is 16.9 Å². The van der Waals surface area contributed by atoms with E-state index in [4.69, 9.17) is 0 Å². The third-order valence-corrected chi connectivity index (χ3v) is 4.38. The number of aryl methyl sites for hydroxylation is 1. The van der Waals surface area contributed by atoms with Crippen molar-refractivity contribution in [2.24, 2.45) is 0 Å². The Morgan fingerprint density at radius 3 is 2.44 bits per heavy atom. The summed E-state index contributed by atoms with van der Waals surface area (Å²) in [7, 11) is 0. The normalized spacial score (nSPS) is 10.9. The lowest BCUT2D eigenvalue weighted by molar-refractivity contribution is -0.114. The maximum atomic E-state index is 13.0. The molecule has 1 aromatic heterocycles. The van der Waals surface area contributed by atoms with Crippen LogP contribution in [0.2, 0.25) is 0 Å². The van der Waals surface area contributed by atoms with Crippen molar-refractivity contribution in [2.75, 3.05) is 10.6 Å². The maximum Gasteiger partial charge on any atom is 0.256 e. The van der Waals surface area contributed by atoms with Crippen LogP contribution in [0.25, 0.3) is 10.9 Å². The summed E-state index contributed by atoms with van der Waals surface area (Å²) in [5, 5.41) is 6.53. The first-order valence-corrected chi connectivity index (χ1v) is 8.94. The number of hydrogen-bond acceptors (Lipinski definition) is 3. The molecule has 2 amide bonds. The van der Waals surface area contributed by atoms with E-state index in [0.717, 1.165) is 22.2 Å². The zero-order valence-corrected chi connectivity index (χ0v) is 16.0. The number of anilines is 2. The Morgan fingerprint density at radius 1 is 1.00 bits per heavy atom. The van der Waals surface area contributed by atoms with Crippen LogP contribution < -0.4 is 10.6 Å². The minimum atomic E-state index is -0.201. The lowest BCUT2D eigenvalue weighted by Gasteiger charge is -2.13. The predicted octanol–water partition coefficient (Wildman–Crippen LogP) is 4.88. The number of amides is 2. The van der Waals surface area contributed by atoms with Gasteiger partial charge in [0.1, 0.15) is 0 Å². The van der Waals surface area contributed by atoms with E-state index in [1.165, 1.54) is 6.92 Å². The monoisotopic (exact) mass is 361 g/mol. The lowest BCUT2D eigenvalue weighted by Crippen LogP contribution is -2.14. The molecule has 0 aliphatic heterocycles. The van der Waals surface area contributed by atoms with Crippen molar-refractivity contribution < 1.29 is 9.59 Å². The van der Waals surface area contributed by atoms with E-state index in [1.807, 2.05) is 49.4 Å². The van der Waals surface area contributed by atoms with Gasteiger partial charge < -0.3 is 10.6 Å². The molecule has 5 nitrogen and oxygen atoms in total. The molecule has 0 aliphatic rings. The molecule has 3 aromatic rings. The predicted molar refractivity (Wildman–Crippen MR) is 109 cm³/mol. The second-order valence-corrected chi connectivity index (χ2v) is 6.93. The van der Waals surface area contributed by atoms with Crippen molar-refractivity contribution in [3.63, 3.8) is 0 Å².